The van der Waals surface area contributed by atoms with E-state index in [4.69, 9.17) is 9.47 Å². The van der Waals surface area contributed by atoms with E-state index in [9.17, 15) is 0 Å². The molecule has 1 aliphatic rings. The van der Waals surface area contributed by atoms with Crippen LogP contribution in [0.1, 0.15) is 26.2 Å². The predicted molar refractivity (Wildman–Crippen MR) is 52.7 cm³/mol. The number of hydrogen-bond acceptors (Lipinski definition) is 3. The first-order valence-corrected chi connectivity index (χ1v) is 5.29. The first kappa shape index (κ1) is 11.0. The molecule has 1 N–H and O–H groups in total. The SMILES string of the molecule is CCCNCCOCOCC1CC1. The van der Waals surface area contributed by atoms with Gasteiger partial charge in [0.05, 0.1) is 13.2 Å². The summed E-state index contributed by atoms with van der Waals surface area (Å²) in [6.07, 6.45) is 3.87. The van der Waals surface area contributed by atoms with Gasteiger partial charge in [-0.3, -0.25) is 0 Å². The van der Waals surface area contributed by atoms with E-state index in [1.165, 1.54) is 19.3 Å². The summed E-state index contributed by atoms with van der Waals surface area (Å²) in [5, 5.41) is 3.27. The first-order chi connectivity index (χ1) is 6.43. The lowest BCUT2D eigenvalue weighted by Crippen LogP contribution is -2.21. The number of ether oxygens (including phenoxy) is 2. The van der Waals surface area contributed by atoms with E-state index in [-0.39, 0.29) is 0 Å². The molecule has 78 valence electrons. The van der Waals surface area contributed by atoms with Gasteiger partial charge in [-0.05, 0) is 31.7 Å². The van der Waals surface area contributed by atoms with Crippen molar-refractivity contribution in [3.05, 3.63) is 0 Å². The molecule has 0 radical (unpaired) electrons. The molecule has 0 aromatic carbocycles. The molecule has 0 unspecified atom stereocenters. The highest BCUT2D eigenvalue weighted by Gasteiger charge is 2.20. The van der Waals surface area contributed by atoms with Crippen LogP contribution < -0.4 is 5.32 Å². The van der Waals surface area contributed by atoms with Crippen molar-refractivity contribution < 1.29 is 9.47 Å². The third-order valence-electron chi connectivity index (χ3n) is 2.07. The summed E-state index contributed by atoms with van der Waals surface area (Å²) in [4.78, 5) is 0. The molecule has 1 fully saturated rings. The zero-order valence-corrected chi connectivity index (χ0v) is 8.55. The molecule has 0 aliphatic heterocycles. The molecule has 0 saturated heterocycles. The van der Waals surface area contributed by atoms with Crippen LogP contribution in [0.25, 0.3) is 0 Å². The molecular formula is C10H21NO2. The number of rotatable bonds is 9. The second kappa shape index (κ2) is 7.30. The topological polar surface area (TPSA) is 30.5 Å². The van der Waals surface area contributed by atoms with Gasteiger partial charge in [0.15, 0.2) is 0 Å². The molecule has 0 heterocycles. The van der Waals surface area contributed by atoms with Gasteiger partial charge >= 0.3 is 0 Å². The molecular weight excluding hydrogens is 166 g/mol. The van der Waals surface area contributed by atoms with E-state index in [2.05, 4.69) is 12.2 Å². The maximum atomic E-state index is 5.31. The van der Waals surface area contributed by atoms with Crippen molar-refractivity contribution in [3.63, 3.8) is 0 Å². The Morgan fingerprint density at radius 3 is 2.77 bits per heavy atom. The van der Waals surface area contributed by atoms with Gasteiger partial charge in [-0.15, -0.1) is 0 Å². The van der Waals surface area contributed by atoms with E-state index in [0.29, 0.717) is 6.79 Å². The second-order valence-electron chi connectivity index (χ2n) is 3.59. The molecule has 0 amide bonds. The smallest absolute Gasteiger partial charge is 0.146 e. The third-order valence-corrected chi connectivity index (χ3v) is 2.07. The average Bonchev–Trinajstić information content (AvgIpc) is 2.93. The Labute approximate surface area is 80.8 Å². The van der Waals surface area contributed by atoms with E-state index < -0.39 is 0 Å². The summed E-state index contributed by atoms with van der Waals surface area (Å²) >= 11 is 0. The van der Waals surface area contributed by atoms with Crippen LogP contribution >= 0.6 is 0 Å². The van der Waals surface area contributed by atoms with Crippen LogP contribution in [-0.4, -0.2) is 33.1 Å². The second-order valence-corrected chi connectivity index (χ2v) is 3.59. The Morgan fingerprint density at radius 2 is 2.08 bits per heavy atom. The lowest BCUT2D eigenvalue weighted by atomic mass is 10.5. The van der Waals surface area contributed by atoms with Gasteiger partial charge in [0.2, 0.25) is 0 Å². The molecule has 1 aliphatic carbocycles. The molecule has 0 aromatic rings. The van der Waals surface area contributed by atoms with Crippen molar-refractivity contribution in [1.29, 1.82) is 0 Å². The van der Waals surface area contributed by atoms with Gasteiger partial charge in [-0.25, -0.2) is 0 Å². The highest BCUT2D eigenvalue weighted by Crippen LogP contribution is 2.28. The average molecular weight is 187 g/mol. The van der Waals surface area contributed by atoms with Gasteiger partial charge in [0, 0.05) is 6.54 Å². The third kappa shape index (κ3) is 6.99. The molecule has 1 rings (SSSR count). The summed E-state index contributed by atoms with van der Waals surface area (Å²) in [6.45, 7) is 6.27. The van der Waals surface area contributed by atoms with Crippen LogP contribution in [0.4, 0.5) is 0 Å². The largest absolute Gasteiger partial charge is 0.355 e. The van der Waals surface area contributed by atoms with Gasteiger partial charge in [0.1, 0.15) is 6.79 Å². The van der Waals surface area contributed by atoms with E-state index in [0.717, 1.165) is 32.2 Å². The van der Waals surface area contributed by atoms with Crippen molar-refractivity contribution in [2.75, 3.05) is 33.1 Å². The highest BCUT2D eigenvalue weighted by molar-refractivity contribution is 4.71. The molecule has 13 heavy (non-hydrogen) atoms. The fraction of sp³-hybridized carbons (Fsp3) is 1.00. The summed E-state index contributed by atoms with van der Waals surface area (Å²) in [5.41, 5.74) is 0. The van der Waals surface area contributed by atoms with Crippen LogP contribution in [0, 0.1) is 5.92 Å². The molecule has 3 nitrogen and oxygen atoms in total. The maximum Gasteiger partial charge on any atom is 0.146 e. The Kier molecular flexibility index (Phi) is 6.15. The van der Waals surface area contributed by atoms with Crippen LogP contribution in [0.15, 0.2) is 0 Å². The molecule has 0 atom stereocenters. The van der Waals surface area contributed by atoms with Gasteiger partial charge in [-0.2, -0.15) is 0 Å². The Hall–Kier alpha value is -0.120. The molecule has 0 spiro atoms. The summed E-state index contributed by atoms with van der Waals surface area (Å²) < 4.78 is 10.6. The monoisotopic (exact) mass is 187 g/mol. The molecule has 1 saturated carbocycles. The van der Waals surface area contributed by atoms with Crippen molar-refractivity contribution >= 4 is 0 Å². The van der Waals surface area contributed by atoms with Crippen molar-refractivity contribution in [2.45, 2.75) is 26.2 Å². The molecule has 0 bridgehead atoms. The molecule has 3 heteroatoms. The van der Waals surface area contributed by atoms with Crippen LogP contribution in [0.3, 0.4) is 0 Å². The van der Waals surface area contributed by atoms with Gasteiger partial charge < -0.3 is 14.8 Å². The number of hydrogen-bond donors (Lipinski definition) is 1. The zero-order valence-electron chi connectivity index (χ0n) is 8.55. The molecule has 0 aromatic heterocycles. The fourth-order valence-corrected chi connectivity index (χ4v) is 1.06. The van der Waals surface area contributed by atoms with Gasteiger partial charge in [-0.1, -0.05) is 6.92 Å². The van der Waals surface area contributed by atoms with E-state index in [1.54, 1.807) is 0 Å². The minimum atomic E-state index is 0.463. The maximum absolute atomic E-state index is 5.31. The quantitative estimate of drug-likeness (QED) is 0.437. The summed E-state index contributed by atoms with van der Waals surface area (Å²) in [7, 11) is 0. The van der Waals surface area contributed by atoms with Crippen LogP contribution in [0.5, 0.6) is 0 Å². The standard InChI is InChI=1S/C10H21NO2/c1-2-5-11-6-7-12-9-13-8-10-3-4-10/h10-11H,2-9H2,1H3. The van der Waals surface area contributed by atoms with Crippen molar-refractivity contribution in [2.24, 2.45) is 5.92 Å². The van der Waals surface area contributed by atoms with Crippen LogP contribution in [-0.2, 0) is 9.47 Å². The summed E-state index contributed by atoms with van der Waals surface area (Å²) in [5.74, 6) is 0.835. The lowest BCUT2D eigenvalue weighted by Gasteiger charge is -2.05. The lowest BCUT2D eigenvalue weighted by molar-refractivity contribution is -0.0557. The number of nitrogens with one attached hydrogen (secondary N) is 1. The Morgan fingerprint density at radius 1 is 1.23 bits per heavy atom. The van der Waals surface area contributed by atoms with Crippen LogP contribution in [0.2, 0.25) is 0 Å². The Bertz CT molecular complexity index is 115. The van der Waals surface area contributed by atoms with E-state index >= 15 is 0 Å². The normalized spacial score (nSPS) is 16.4. The van der Waals surface area contributed by atoms with E-state index in [1.807, 2.05) is 0 Å². The first-order valence-electron chi connectivity index (χ1n) is 5.29. The Balaban J connectivity index is 1.63. The van der Waals surface area contributed by atoms with Crippen molar-refractivity contribution in [3.8, 4) is 0 Å². The minimum Gasteiger partial charge on any atom is -0.355 e. The van der Waals surface area contributed by atoms with Gasteiger partial charge in [0.25, 0.3) is 0 Å². The van der Waals surface area contributed by atoms with Crippen molar-refractivity contribution in [1.82, 2.24) is 5.32 Å². The highest BCUT2D eigenvalue weighted by atomic mass is 16.7. The predicted octanol–water partition coefficient (Wildman–Crippen LogP) is 1.39. The fourth-order valence-electron chi connectivity index (χ4n) is 1.06. The zero-order chi connectivity index (χ0) is 9.36. The minimum absolute atomic E-state index is 0.463. The summed E-state index contributed by atoms with van der Waals surface area (Å²) in [6, 6.07) is 0.